The summed E-state index contributed by atoms with van der Waals surface area (Å²) < 4.78 is 0. The van der Waals surface area contributed by atoms with Gasteiger partial charge in [0.2, 0.25) is 0 Å². The molecule has 214 valence electrons. The zero-order chi connectivity index (χ0) is 40.0. The van der Waals surface area contributed by atoms with E-state index in [1.807, 2.05) is 0 Å². The van der Waals surface area contributed by atoms with Gasteiger partial charge in [0.25, 0.3) is 0 Å². The molecule has 0 heterocycles. The van der Waals surface area contributed by atoms with Gasteiger partial charge >= 0.3 is 130 Å². The summed E-state index contributed by atoms with van der Waals surface area (Å²) in [5.74, 6) is 0. The van der Waals surface area contributed by atoms with Crippen molar-refractivity contribution in [3.63, 3.8) is 0 Å². The molecule has 0 aliphatic rings. The summed E-state index contributed by atoms with van der Waals surface area (Å²) in [7, 11) is 0. The minimum absolute atomic E-state index is 0. The number of nitrogens with zero attached hydrogens (tertiary/aromatic N) is 18. The average molecular weight is 1120 g/mol. The summed E-state index contributed by atoms with van der Waals surface area (Å²) in [6, 6.07) is 0. The first-order chi connectivity index (χ1) is 20.0. The maximum Gasteiger partial charge on any atom is 3.00 e. The SMILES string of the molecule is [C-]#N.[C-]#N.[C-]#N.[C-]#N.[C-]#N.[C-]#N.[C-]#N.[C-]#N.[C-]#N.[C-]#N.[C-]#N.[C-]#N.[C-]#N.[C-]#N.[C-]#N.[C-]#N.[C-]#N.[C-]#N.[Fe+4].[Fe]=[Sb].[Fe]=[Sb].[Sb+3].[Sb+3]. The maximum atomic E-state index is 6.25. The second kappa shape index (κ2) is 2670. The molecule has 0 unspecified atom stereocenters. The molecule has 0 aliphatic carbocycles. The quantitative estimate of drug-likeness (QED) is 0.231. The van der Waals surface area contributed by atoms with Crippen LogP contribution in [0, 0.1) is 213 Å². The van der Waals surface area contributed by atoms with Crippen molar-refractivity contribution in [3.8, 4) is 0 Å². The van der Waals surface area contributed by atoms with Crippen LogP contribution in [0.15, 0.2) is 0 Å². The van der Waals surface area contributed by atoms with Gasteiger partial charge in [0.15, 0.2) is 0 Å². The Balaban J connectivity index is -0.00000000465. The number of hydrogen-bond acceptors (Lipinski definition) is 18. The molecule has 0 aliphatic heterocycles. The maximum absolute atomic E-state index is 6.25. The van der Waals surface area contributed by atoms with Gasteiger partial charge in [0, 0.05) is 0 Å². The Morgan fingerprint density at radius 1 is 0.186 bits per heavy atom. The van der Waals surface area contributed by atoms with E-state index in [2.05, 4.69) is 24.2 Å². The predicted molar refractivity (Wildman–Crippen MR) is 112 cm³/mol. The Morgan fingerprint density at radius 3 is 0.186 bits per heavy atom. The summed E-state index contributed by atoms with van der Waals surface area (Å²) in [6.45, 7) is 85.5. The van der Waals surface area contributed by atoms with E-state index in [1.165, 1.54) is 40.3 Å². The second-order valence-electron chi connectivity index (χ2n) is 0. The van der Waals surface area contributed by atoms with Crippen molar-refractivity contribution >= 4 is 89.2 Å². The van der Waals surface area contributed by atoms with Crippen LogP contribution >= 0.6 is 0 Å². The summed E-state index contributed by atoms with van der Waals surface area (Å²) >= 11 is 9.60. The van der Waals surface area contributed by atoms with Crippen LogP contribution in [-0.4, -0.2) is 89.2 Å². The molecule has 0 amide bonds. The third kappa shape index (κ3) is 2530. The van der Waals surface area contributed by atoms with Crippen LogP contribution in [0.1, 0.15) is 0 Å². The molecule has 43 heavy (non-hydrogen) atoms. The van der Waals surface area contributed by atoms with Crippen LogP contribution in [0.3, 0.4) is 0 Å². The molecule has 0 aromatic heterocycles. The van der Waals surface area contributed by atoms with E-state index >= 15 is 0 Å². The molecule has 6 radical (unpaired) electrons. The third-order valence-corrected chi connectivity index (χ3v) is 0. The van der Waals surface area contributed by atoms with Crippen molar-refractivity contribution in [3.05, 3.63) is 118 Å². The van der Waals surface area contributed by atoms with Crippen LogP contribution in [0.2, 0.25) is 0 Å². The van der Waals surface area contributed by atoms with Crippen LogP contribution < -0.4 is 0 Å². The van der Waals surface area contributed by atoms with Gasteiger partial charge in [0.1, 0.15) is 0 Å². The van der Waals surface area contributed by atoms with Crippen molar-refractivity contribution in [2.24, 2.45) is 0 Å². The van der Waals surface area contributed by atoms with Gasteiger partial charge in [-0.25, -0.2) is 0 Å². The molecule has 0 N–H and O–H groups in total. The van der Waals surface area contributed by atoms with E-state index < -0.39 is 0 Å². The molecule has 0 rings (SSSR count). The van der Waals surface area contributed by atoms with Gasteiger partial charge in [-0.05, 0) is 0 Å². The van der Waals surface area contributed by atoms with Crippen molar-refractivity contribution in [2.75, 3.05) is 0 Å². The first kappa shape index (κ1) is 224. The zero-order valence-corrected chi connectivity index (χ0v) is 33.4. The van der Waals surface area contributed by atoms with E-state index in [1.54, 1.807) is 0 Å². The molecule has 0 saturated carbocycles. The van der Waals surface area contributed by atoms with Crippen molar-refractivity contribution in [1.29, 1.82) is 94.7 Å². The second-order valence-corrected chi connectivity index (χ2v) is 0. The van der Waals surface area contributed by atoms with Crippen molar-refractivity contribution in [1.82, 2.24) is 0 Å². The molecule has 0 fully saturated rings. The molecule has 0 bridgehead atoms. The Hall–Kier alpha value is -4.35. The standard InChI is InChI=1S/18CN.3Fe.4Sb/c18*1-2;;;;;;;/q18*-1;;;+4;;;2*+3. The van der Waals surface area contributed by atoms with Crippen LogP contribution in [-0.2, 0) is 41.3 Å². The topological polar surface area (TPSA) is 428 Å². The van der Waals surface area contributed by atoms with Gasteiger partial charge < -0.3 is 213 Å². The van der Waals surface area contributed by atoms with E-state index in [9.17, 15) is 0 Å². The number of hydrogen-bond donors (Lipinski definition) is 0. The average Bonchev–Trinajstić information content (AvgIpc) is 3.21. The molecular weight excluding hydrogens is 1120 g/mol. The van der Waals surface area contributed by atoms with Crippen molar-refractivity contribution < 1.29 is 41.3 Å². The Kier molecular flexibility index (Phi) is 13900. The van der Waals surface area contributed by atoms with Crippen LogP contribution in [0.25, 0.3) is 0 Å². The van der Waals surface area contributed by atoms with Crippen LogP contribution in [0.5, 0.6) is 0 Å². The molecule has 0 aromatic carbocycles. The van der Waals surface area contributed by atoms with E-state index in [0.717, 1.165) is 0 Å². The molecule has 0 spiro atoms. The van der Waals surface area contributed by atoms with Gasteiger partial charge in [-0.15, -0.1) is 0 Å². The minimum atomic E-state index is 0. The Bertz CT molecular complexity index is 408. The fraction of sp³-hybridized carbons (Fsp3) is 0. The van der Waals surface area contributed by atoms with Gasteiger partial charge in [-0.1, -0.05) is 0 Å². The monoisotopic (exact) mass is 1120 g/mol. The predicted octanol–water partition coefficient (Wildman–Crippen LogP) is 0.204. The number of rotatable bonds is 0. The molecule has 0 atom stereocenters. The molecule has 0 saturated heterocycles. The van der Waals surface area contributed by atoms with E-state index in [-0.39, 0.29) is 65.9 Å². The fourth-order valence-electron chi connectivity index (χ4n) is 0. The molecule has 0 aromatic rings. The smallest absolute Gasteiger partial charge is 3.00 e. The molecule has 25 heteroatoms. The van der Waals surface area contributed by atoms with Gasteiger partial charge in [-0.2, -0.15) is 0 Å². The molecule has 18 nitrogen and oxygen atoms in total. The zero-order valence-electron chi connectivity index (χ0n) is 19.9. The first-order valence-corrected chi connectivity index (χ1v) is 12.8. The summed E-state index contributed by atoms with van der Waals surface area (Å²) in [5, 5.41) is 112. The Labute approximate surface area is 339 Å². The first-order valence-electron chi connectivity index (χ1n) is 4.34. The van der Waals surface area contributed by atoms with E-state index in [4.69, 9.17) is 213 Å². The van der Waals surface area contributed by atoms with Gasteiger partial charge in [0.05, 0.1) is 0 Å². The fourth-order valence-corrected chi connectivity index (χ4v) is 0. The van der Waals surface area contributed by atoms with Crippen LogP contribution in [0.4, 0.5) is 0 Å². The largest absolute Gasteiger partial charge is 3.00 e. The summed E-state index contributed by atoms with van der Waals surface area (Å²) in [4.78, 5) is 0. The van der Waals surface area contributed by atoms with E-state index in [0.29, 0.717) is 0 Å². The minimum Gasteiger partial charge on any atom is 3.00 e. The Morgan fingerprint density at radius 2 is 0.186 bits per heavy atom. The summed E-state index contributed by atoms with van der Waals surface area (Å²) in [6.07, 6.45) is 0. The van der Waals surface area contributed by atoms with Crippen molar-refractivity contribution in [2.45, 2.75) is 0 Å². The molecular formula is C18Fe3N18Sb4-8. The summed E-state index contributed by atoms with van der Waals surface area (Å²) in [5.41, 5.74) is 0. The third-order valence-electron chi connectivity index (χ3n) is 0. The van der Waals surface area contributed by atoms with Gasteiger partial charge in [-0.3, -0.25) is 0 Å². The normalized spacial score (nSPS) is 1.07.